The van der Waals surface area contributed by atoms with E-state index in [0.29, 0.717) is 0 Å². The number of hydrogen-bond acceptors (Lipinski definition) is 8. The third-order valence-corrected chi connectivity index (χ3v) is 1.83. The zero-order chi connectivity index (χ0) is 12.8. The lowest BCUT2D eigenvalue weighted by Gasteiger charge is -2.05. The number of nitrogens with zero attached hydrogens (tertiary/aromatic N) is 4. The Hall–Kier alpha value is -2.45. The normalized spacial score (nSPS) is 10.5. The van der Waals surface area contributed by atoms with Crippen molar-refractivity contribution in [1.29, 1.82) is 0 Å². The van der Waals surface area contributed by atoms with Gasteiger partial charge < -0.3 is 14.7 Å². The van der Waals surface area contributed by atoms with Crippen molar-refractivity contribution in [3.8, 4) is 11.9 Å². The van der Waals surface area contributed by atoms with Crippen molar-refractivity contribution in [2.45, 2.75) is 6.42 Å². The molecule has 1 rings (SSSR count). The molecular formula is C8H10N4O5. The topological polar surface area (TPSA) is 120 Å². The lowest BCUT2D eigenvalue weighted by Crippen LogP contribution is -2.06. The van der Waals surface area contributed by atoms with Gasteiger partial charge in [0.25, 0.3) is 0 Å². The number of ether oxygens (including phenoxy) is 2. The summed E-state index contributed by atoms with van der Waals surface area (Å²) >= 11 is 0. The second-order valence-electron chi connectivity index (χ2n) is 2.77. The highest BCUT2D eigenvalue weighted by Crippen LogP contribution is 2.29. The van der Waals surface area contributed by atoms with Gasteiger partial charge in [0, 0.05) is 12.6 Å². The summed E-state index contributed by atoms with van der Waals surface area (Å²) in [5.41, 5.74) is -0.343. The largest absolute Gasteiger partial charge is 0.476 e. The SMILES string of the molecule is COc1nc(C/C=N/O)c([N+](=O)[O-])c(OC)n1. The van der Waals surface area contributed by atoms with Crippen LogP contribution in [0.3, 0.4) is 0 Å². The van der Waals surface area contributed by atoms with Gasteiger partial charge in [0.2, 0.25) is 0 Å². The summed E-state index contributed by atoms with van der Waals surface area (Å²) in [4.78, 5) is 17.7. The molecule has 0 unspecified atom stereocenters. The van der Waals surface area contributed by atoms with Crippen LogP contribution in [0, 0.1) is 10.1 Å². The molecule has 0 fully saturated rings. The van der Waals surface area contributed by atoms with Gasteiger partial charge in [-0.1, -0.05) is 0 Å². The monoisotopic (exact) mass is 242 g/mol. The van der Waals surface area contributed by atoms with Crippen molar-refractivity contribution in [2.75, 3.05) is 14.2 Å². The maximum absolute atomic E-state index is 10.9. The molecule has 0 amide bonds. The fraction of sp³-hybridized carbons (Fsp3) is 0.375. The maximum Gasteiger partial charge on any atom is 0.352 e. The number of rotatable bonds is 5. The molecule has 0 spiro atoms. The van der Waals surface area contributed by atoms with E-state index in [4.69, 9.17) is 14.7 Å². The van der Waals surface area contributed by atoms with E-state index in [-0.39, 0.29) is 29.7 Å². The predicted octanol–water partition coefficient (Wildman–Crippen LogP) is 0.404. The molecule has 9 nitrogen and oxygen atoms in total. The van der Waals surface area contributed by atoms with E-state index in [1.807, 2.05) is 0 Å². The average molecular weight is 242 g/mol. The highest BCUT2D eigenvalue weighted by Gasteiger charge is 2.25. The third kappa shape index (κ3) is 2.77. The summed E-state index contributed by atoms with van der Waals surface area (Å²) in [6.07, 6.45) is 1.02. The molecule has 0 radical (unpaired) electrons. The van der Waals surface area contributed by atoms with Gasteiger partial charge in [0.1, 0.15) is 5.69 Å². The number of methoxy groups -OCH3 is 2. The first-order chi connectivity index (χ1) is 8.13. The fourth-order valence-corrected chi connectivity index (χ4v) is 1.14. The first-order valence-electron chi connectivity index (χ1n) is 4.43. The van der Waals surface area contributed by atoms with E-state index in [0.717, 1.165) is 6.21 Å². The van der Waals surface area contributed by atoms with Gasteiger partial charge in [0.05, 0.1) is 19.1 Å². The molecule has 17 heavy (non-hydrogen) atoms. The number of nitro groups is 1. The van der Waals surface area contributed by atoms with Crippen molar-refractivity contribution >= 4 is 11.9 Å². The van der Waals surface area contributed by atoms with Crippen LogP contribution in [0.15, 0.2) is 5.16 Å². The highest BCUT2D eigenvalue weighted by molar-refractivity contribution is 5.63. The smallest absolute Gasteiger partial charge is 0.352 e. The Morgan fingerprint density at radius 1 is 1.47 bits per heavy atom. The van der Waals surface area contributed by atoms with Gasteiger partial charge in [-0.25, -0.2) is 0 Å². The van der Waals surface area contributed by atoms with Gasteiger partial charge in [-0.15, -0.1) is 5.16 Å². The summed E-state index contributed by atoms with van der Waals surface area (Å²) in [5.74, 6) is -0.205. The molecule has 92 valence electrons. The van der Waals surface area contributed by atoms with Crippen LogP contribution in [0.4, 0.5) is 5.69 Å². The van der Waals surface area contributed by atoms with Gasteiger partial charge in [-0.05, 0) is 0 Å². The summed E-state index contributed by atoms with van der Waals surface area (Å²) in [6.45, 7) is 0. The molecule has 9 heteroatoms. The van der Waals surface area contributed by atoms with Gasteiger partial charge in [-0.2, -0.15) is 9.97 Å². The van der Waals surface area contributed by atoms with Gasteiger partial charge in [-0.3, -0.25) is 10.1 Å². The van der Waals surface area contributed by atoms with E-state index in [2.05, 4.69) is 15.1 Å². The lowest BCUT2D eigenvalue weighted by atomic mass is 10.2. The maximum atomic E-state index is 10.9. The summed E-state index contributed by atoms with van der Waals surface area (Å²) in [7, 11) is 2.57. The second-order valence-corrected chi connectivity index (χ2v) is 2.77. The molecule has 1 N–H and O–H groups in total. The second kappa shape index (κ2) is 5.58. The van der Waals surface area contributed by atoms with Crippen LogP contribution in [-0.4, -0.2) is 40.5 Å². The van der Waals surface area contributed by atoms with Crippen molar-refractivity contribution in [2.24, 2.45) is 5.16 Å². The van der Waals surface area contributed by atoms with Gasteiger partial charge >= 0.3 is 17.6 Å². The van der Waals surface area contributed by atoms with Crippen LogP contribution >= 0.6 is 0 Å². The minimum Gasteiger partial charge on any atom is -0.476 e. The zero-order valence-electron chi connectivity index (χ0n) is 9.15. The van der Waals surface area contributed by atoms with E-state index in [1.165, 1.54) is 14.2 Å². The number of oxime groups is 1. The first kappa shape index (κ1) is 12.6. The van der Waals surface area contributed by atoms with Crippen LogP contribution in [0.2, 0.25) is 0 Å². The van der Waals surface area contributed by atoms with Crippen molar-refractivity contribution in [1.82, 2.24) is 9.97 Å². The quantitative estimate of drug-likeness (QED) is 0.343. The van der Waals surface area contributed by atoms with Crippen molar-refractivity contribution in [3.05, 3.63) is 15.8 Å². The Morgan fingerprint density at radius 2 is 2.18 bits per heavy atom. The lowest BCUT2D eigenvalue weighted by molar-refractivity contribution is -0.387. The van der Waals surface area contributed by atoms with E-state index in [1.54, 1.807) is 0 Å². The van der Waals surface area contributed by atoms with E-state index in [9.17, 15) is 10.1 Å². The summed E-state index contributed by atoms with van der Waals surface area (Å²) in [6, 6.07) is -0.0613. The molecule has 0 aliphatic heterocycles. The van der Waals surface area contributed by atoms with Crippen LogP contribution in [0.5, 0.6) is 11.9 Å². The Balaban J connectivity index is 3.34. The molecule has 1 aromatic rings. The Bertz CT molecular complexity index is 448. The van der Waals surface area contributed by atoms with Crippen LogP contribution in [-0.2, 0) is 6.42 Å². The molecular weight excluding hydrogens is 232 g/mol. The summed E-state index contributed by atoms with van der Waals surface area (Å²) < 4.78 is 9.57. The molecule has 1 aromatic heterocycles. The number of hydrogen-bond donors (Lipinski definition) is 1. The Kier molecular flexibility index (Phi) is 4.14. The van der Waals surface area contributed by atoms with E-state index >= 15 is 0 Å². The minimum atomic E-state index is -0.668. The van der Waals surface area contributed by atoms with Crippen molar-refractivity contribution < 1.29 is 19.6 Å². The Morgan fingerprint density at radius 3 is 2.65 bits per heavy atom. The third-order valence-electron chi connectivity index (χ3n) is 1.83. The number of aromatic nitrogens is 2. The fourth-order valence-electron chi connectivity index (χ4n) is 1.14. The molecule has 0 atom stereocenters. The molecule has 1 heterocycles. The molecule has 0 bridgehead atoms. The minimum absolute atomic E-state index is 0.0384. The highest BCUT2D eigenvalue weighted by atomic mass is 16.6. The van der Waals surface area contributed by atoms with Crippen LogP contribution in [0.1, 0.15) is 5.69 Å². The van der Waals surface area contributed by atoms with E-state index < -0.39 is 4.92 Å². The average Bonchev–Trinajstić information content (AvgIpc) is 2.34. The molecule has 0 aliphatic rings. The first-order valence-corrected chi connectivity index (χ1v) is 4.43. The zero-order valence-corrected chi connectivity index (χ0v) is 9.15. The molecule has 0 aliphatic carbocycles. The summed E-state index contributed by atoms with van der Waals surface area (Å²) in [5, 5.41) is 21.9. The molecule has 0 saturated carbocycles. The van der Waals surface area contributed by atoms with Crippen LogP contribution in [0.25, 0.3) is 0 Å². The van der Waals surface area contributed by atoms with Crippen LogP contribution < -0.4 is 9.47 Å². The standard InChI is InChI=1S/C8H10N4O5/c1-16-7-6(12(14)15)5(3-4-9-13)10-8(11-7)17-2/h4,13H,3H2,1-2H3/b9-4+. The molecule has 0 aromatic carbocycles. The Labute approximate surface area is 95.9 Å². The predicted molar refractivity (Wildman–Crippen MR) is 55.8 cm³/mol. The van der Waals surface area contributed by atoms with Gasteiger partial charge in [0.15, 0.2) is 0 Å². The molecule has 0 saturated heterocycles. The van der Waals surface area contributed by atoms with Crippen molar-refractivity contribution in [3.63, 3.8) is 0 Å².